The number of pyridine rings is 1. The second-order valence-corrected chi connectivity index (χ2v) is 8.24. The first-order valence-corrected chi connectivity index (χ1v) is 10.2. The van der Waals surface area contributed by atoms with E-state index in [0.717, 1.165) is 55.1 Å². The first-order valence-electron chi connectivity index (χ1n) is 9.02. The summed E-state index contributed by atoms with van der Waals surface area (Å²) in [4.78, 5) is 33.3. The number of fused-ring (bicyclic) bond motifs is 1. The van der Waals surface area contributed by atoms with Crippen molar-refractivity contribution in [2.75, 3.05) is 18.2 Å². The number of aromatic nitrogens is 1. The van der Waals surface area contributed by atoms with E-state index in [1.165, 1.54) is 0 Å². The maximum atomic E-state index is 12.6. The van der Waals surface area contributed by atoms with Crippen molar-refractivity contribution < 1.29 is 9.59 Å². The zero-order chi connectivity index (χ0) is 17.4. The van der Waals surface area contributed by atoms with Crippen LogP contribution in [0.3, 0.4) is 0 Å². The molecule has 25 heavy (non-hydrogen) atoms. The lowest BCUT2D eigenvalue weighted by molar-refractivity contribution is -0.132. The first-order chi connectivity index (χ1) is 12.1. The van der Waals surface area contributed by atoms with Gasteiger partial charge in [0.15, 0.2) is 0 Å². The molecule has 2 N–H and O–H groups in total. The smallest absolute Gasteiger partial charge is 0.256 e. The van der Waals surface area contributed by atoms with Gasteiger partial charge in [-0.2, -0.15) is 0 Å². The molecule has 1 aromatic heterocycles. The largest absolute Gasteiger partial charge is 0.331 e. The standard InChI is InChI=1S/C18H24N4O2S/c19-16(18(24)21-8-9-25-11-21)12-3-5-13(6-4-12)22-10-15-14(17(22)23)2-1-7-20-15/h1-2,7,12-13,16H,3-6,8-11,19H2/t12-,13-,16-/m0/s1. The molecule has 3 aliphatic rings. The summed E-state index contributed by atoms with van der Waals surface area (Å²) in [5, 5.41) is 0. The van der Waals surface area contributed by atoms with Crippen molar-refractivity contribution >= 4 is 23.6 Å². The van der Waals surface area contributed by atoms with E-state index >= 15 is 0 Å². The van der Waals surface area contributed by atoms with Gasteiger partial charge in [0.1, 0.15) is 0 Å². The average Bonchev–Trinajstić information content (AvgIpc) is 3.30. The van der Waals surface area contributed by atoms with Gasteiger partial charge in [-0.3, -0.25) is 14.6 Å². The SMILES string of the molecule is N[C@H](C(=O)N1CCSC1)[C@H]1CC[C@H](N2Cc3ncccc3C2=O)CC1. The molecule has 1 aromatic rings. The van der Waals surface area contributed by atoms with Gasteiger partial charge in [0.2, 0.25) is 5.91 Å². The minimum Gasteiger partial charge on any atom is -0.331 e. The van der Waals surface area contributed by atoms with Crippen molar-refractivity contribution in [1.29, 1.82) is 0 Å². The summed E-state index contributed by atoms with van der Waals surface area (Å²) in [6, 6.07) is 3.52. The molecule has 1 atom stereocenters. The van der Waals surface area contributed by atoms with E-state index in [1.54, 1.807) is 18.0 Å². The van der Waals surface area contributed by atoms with Crippen molar-refractivity contribution in [2.24, 2.45) is 11.7 Å². The molecule has 0 radical (unpaired) electrons. The summed E-state index contributed by atoms with van der Waals surface area (Å²) in [6.45, 7) is 1.43. The van der Waals surface area contributed by atoms with Crippen LogP contribution in [-0.4, -0.2) is 56.9 Å². The van der Waals surface area contributed by atoms with Crippen LogP contribution in [-0.2, 0) is 11.3 Å². The van der Waals surface area contributed by atoms with E-state index in [-0.39, 0.29) is 23.8 Å². The van der Waals surface area contributed by atoms with E-state index in [2.05, 4.69) is 4.98 Å². The number of thioether (sulfide) groups is 1. The Morgan fingerprint density at radius 1 is 1.32 bits per heavy atom. The molecular weight excluding hydrogens is 336 g/mol. The maximum Gasteiger partial charge on any atom is 0.256 e. The van der Waals surface area contributed by atoms with E-state index in [0.29, 0.717) is 6.54 Å². The summed E-state index contributed by atoms with van der Waals surface area (Å²) in [5.41, 5.74) is 7.90. The van der Waals surface area contributed by atoms with Gasteiger partial charge in [-0.25, -0.2) is 0 Å². The lowest BCUT2D eigenvalue weighted by atomic mass is 9.81. The normalized spacial score (nSPS) is 27.5. The van der Waals surface area contributed by atoms with E-state index < -0.39 is 6.04 Å². The van der Waals surface area contributed by atoms with Crippen LogP contribution in [0.5, 0.6) is 0 Å². The number of carbonyl (C=O) groups excluding carboxylic acids is 2. The van der Waals surface area contributed by atoms with E-state index in [4.69, 9.17) is 5.73 Å². The van der Waals surface area contributed by atoms with Gasteiger partial charge in [0.25, 0.3) is 5.91 Å². The van der Waals surface area contributed by atoms with Gasteiger partial charge in [0, 0.05) is 24.5 Å². The molecule has 1 saturated heterocycles. The number of carbonyl (C=O) groups is 2. The number of nitrogens with two attached hydrogens (primary N) is 1. The zero-order valence-electron chi connectivity index (χ0n) is 14.3. The number of hydrogen-bond donors (Lipinski definition) is 1. The summed E-state index contributed by atoms with van der Waals surface area (Å²) in [7, 11) is 0. The molecule has 6 nitrogen and oxygen atoms in total. The van der Waals surface area contributed by atoms with E-state index in [1.807, 2.05) is 21.9 Å². The van der Waals surface area contributed by atoms with Crippen molar-refractivity contribution in [2.45, 2.75) is 44.3 Å². The molecular formula is C18H24N4O2S. The highest BCUT2D eigenvalue weighted by Crippen LogP contribution is 2.34. The second kappa shape index (κ2) is 6.96. The van der Waals surface area contributed by atoms with Gasteiger partial charge in [-0.15, -0.1) is 11.8 Å². The monoisotopic (exact) mass is 360 g/mol. The fraction of sp³-hybridized carbons (Fsp3) is 0.611. The lowest BCUT2D eigenvalue weighted by Crippen LogP contribution is -2.49. The Labute approximate surface area is 152 Å². The molecule has 2 aliphatic heterocycles. The molecule has 1 aliphatic carbocycles. The number of amides is 2. The molecule has 0 spiro atoms. The quantitative estimate of drug-likeness (QED) is 0.883. The van der Waals surface area contributed by atoms with Gasteiger partial charge >= 0.3 is 0 Å². The van der Waals surface area contributed by atoms with Crippen LogP contribution >= 0.6 is 11.8 Å². The Kier molecular flexibility index (Phi) is 4.69. The minimum absolute atomic E-state index is 0.0982. The highest BCUT2D eigenvalue weighted by atomic mass is 32.2. The third-order valence-electron chi connectivity index (χ3n) is 5.74. The van der Waals surface area contributed by atoms with Crippen molar-refractivity contribution in [3.05, 3.63) is 29.6 Å². The molecule has 2 amide bonds. The predicted octanol–water partition coefficient (Wildman–Crippen LogP) is 1.46. The molecule has 0 bridgehead atoms. The van der Waals surface area contributed by atoms with Crippen LogP contribution in [0.2, 0.25) is 0 Å². The second-order valence-electron chi connectivity index (χ2n) is 7.16. The zero-order valence-corrected chi connectivity index (χ0v) is 15.1. The van der Waals surface area contributed by atoms with Crippen molar-refractivity contribution in [3.8, 4) is 0 Å². The molecule has 2 fully saturated rings. The Balaban J connectivity index is 1.34. The third kappa shape index (κ3) is 3.15. The summed E-state index contributed by atoms with van der Waals surface area (Å²) in [5.74, 6) is 2.21. The predicted molar refractivity (Wildman–Crippen MR) is 96.9 cm³/mol. The Morgan fingerprint density at radius 2 is 2.12 bits per heavy atom. The fourth-order valence-electron chi connectivity index (χ4n) is 4.21. The van der Waals surface area contributed by atoms with Gasteiger partial charge in [-0.1, -0.05) is 0 Å². The molecule has 4 rings (SSSR count). The molecule has 0 aromatic carbocycles. The Bertz CT molecular complexity index is 669. The molecule has 7 heteroatoms. The molecule has 3 heterocycles. The van der Waals surface area contributed by atoms with Crippen LogP contribution in [0.15, 0.2) is 18.3 Å². The van der Waals surface area contributed by atoms with Gasteiger partial charge in [0.05, 0.1) is 29.7 Å². The molecule has 134 valence electrons. The summed E-state index contributed by atoms with van der Waals surface area (Å²) >= 11 is 1.79. The lowest BCUT2D eigenvalue weighted by Gasteiger charge is -2.36. The topological polar surface area (TPSA) is 79.5 Å². The van der Waals surface area contributed by atoms with Gasteiger partial charge < -0.3 is 15.5 Å². The summed E-state index contributed by atoms with van der Waals surface area (Å²) < 4.78 is 0. The first kappa shape index (κ1) is 16.8. The Hall–Kier alpha value is -1.60. The number of nitrogens with zero attached hydrogens (tertiary/aromatic N) is 3. The third-order valence-corrected chi connectivity index (χ3v) is 6.71. The maximum absolute atomic E-state index is 12.6. The van der Waals surface area contributed by atoms with Crippen LogP contribution in [0.25, 0.3) is 0 Å². The molecule has 1 saturated carbocycles. The van der Waals surface area contributed by atoms with Crippen LogP contribution in [0.1, 0.15) is 41.7 Å². The van der Waals surface area contributed by atoms with E-state index in [9.17, 15) is 9.59 Å². The molecule has 0 unspecified atom stereocenters. The summed E-state index contributed by atoms with van der Waals surface area (Å²) in [6.07, 6.45) is 5.40. The number of hydrogen-bond acceptors (Lipinski definition) is 5. The average molecular weight is 360 g/mol. The van der Waals surface area contributed by atoms with Crippen molar-refractivity contribution in [1.82, 2.24) is 14.8 Å². The fourth-order valence-corrected chi connectivity index (χ4v) is 5.17. The number of rotatable bonds is 3. The van der Waals surface area contributed by atoms with Crippen molar-refractivity contribution in [3.63, 3.8) is 0 Å². The highest BCUT2D eigenvalue weighted by molar-refractivity contribution is 7.99. The minimum atomic E-state index is -0.396. The highest BCUT2D eigenvalue weighted by Gasteiger charge is 2.38. The Morgan fingerprint density at radius 3 is 2.80 bits per heavy atom. The van der Waals surface area contributed by atoms with Crippen LogP contribution < -0.4 is 5.73 Å². The van der Waals surface area contributed by atoms with Gasteiger partial charge in [-0.05, 0) is 43.7 Å². The van der Waals surface area contributed by atoms with Crippen LogP contribution in [0, 0.1) is 5.92 Å². The van der Waals surface area contributed by atoms with Crippen LogP contribution in [0.4, 0.5) is 0 Å².